The molecule has 6 heteroatoms. The van der Waals surface area contributed by atoms with Crippen molar-refractivity contribution in [2.75, 3.05) is 0 Å². The lowest BCUT2D eigenvalue weighted by atomic mass is 10.1. The van der Waals surface area contributed by atoms with Crippen molar-refractivity contribution < 1.29 is 18.7 Å². The van der Waals surface area contributed by atoms with Crippen LogP contribution < -0.4 is 0 Å². The molecular weight excluding hydrogens is 290 g/mol. The Hall–Kier alpha value is -3.02. The van der Waals surface area contributed by atoms with Crippen molar-refractivity contribution in [1.29, 1.82) is 0 Å². The molecule has 2 aromatic carbocycles. The summed E-state index contributed by atoms with van der Waals surface area (Å²) < 4.78 is 27.4. The molecule has 0 amide bonds. The van der Waals surface area contributed by atoms with Crippen LogP contribution >= 0.6 is 0 Å². The highest BCUT2D eigenvalue weighted by Gasteiger charge is 2.17. The molecule has 0 bridgehead atoms. The maximum atomic E-state index is 13.3. The molecule has 0 fully saturated rings. The van der Waals surface area contributed by atoms with Crippen LogP contribution in [-0.4, -0.2) is 20.9 Å². The van der Waals surface area contributed by atoms with Crippen molar-refractivity contribution in [2.24, 2.45) is 0 Å². The van der Waals surface area contributed by atoms with E-state index in [2.05, 4.69) is 5.10 Å². The molecule has 0 radical (unpaired) electrons. The Bertz CT molecular complexity index is 842. The number of hydrogen-bond donors (Lipinski definition) is 1. The van der Waals surface area contributed by atoms with Crippen LogP contribution in [-0.2, 0) is 0 Å². The first-order valence-corrected chi connectivity index (χ1v) is 6.40. The summed E-state index contributed by atoms with van der Waals surface area (Å²) in [5.41, 5.74) is 1.12. The first kappa shape index (κ1) is 13.9. The predicted molar refractivity (Wildman–Crippen MR) is 75.9 cm³/mol. The van der Waals surface area contributed by atoms with Gasteiger partial charge in [0.25, 0.3) is 0 Å². The van der Waals surface area contributed by atoms with Gasteiger partial charge in [0.15, 0.2) is 5.69 Å². The Kier molecular flexibility index (Phi) is 3.42. The zero-order valence-electron chi connectivity index (χ0n) is 11.2. The van der Waals surface area contributed by atoms with E-state index in [4.69, 9.17) is 0 Å². The Morgan fingerprint density at radius 3 is 2.36 bits per heavy atom. The second-order valence-electron chi connectivity index (χ2n) is 4.62. The molecule has 110 valence electrons. The number of carboxylic acids is 1. The number of nitrogens with zero attached hydrogens (tertiary/aromatic N) is 2. The molecule has 0 saturated heterocycles. The van der Waals surface area contributed by atoms with Crippen molar-refractivity contribution >= 4 is 5.97 Å². The van der Waals surface area contributed by atoms with Gasteiger partial charge < -0.3 is 5.11 Å². The molecule has 3 rings (SSSR count). The van der Waals surface area contributed by atoms with Gasteiger partial charge in [-0.25, -0.2) is 18.3 Å². The first-order chi connectivity index (χ1) is 10.5. The average molecular weight is 300 g/mol. The molecule has 0 aliphatic rings. The summed E-state index contributed by atoms with van der Waals surface area (Å²) in [4.78, 5) is 11.4. The fourth-order valence-corrected chi connectivity index (χ4v) is 2.10. The predicted octanol–water partition coefficient (Wildman–Crippen LogP) is 3.52. The van der Waals surface area contributed by atoms with Crippen LogP contribution in [0.25, 0.3) is 16.9 Å². The van der Waals surface area contributed by atoms with Crippen molar-refractivity contribution in [1.82, 2.24) is 9.78 Å². The van der Waals surface area contributed by atoms with Crippen LogP contribution in [0, 0.1) is 11.6 Å². The van der Waals surface area contributed by atoms with Crippen LogP contribution in [0.3, 0.4) is 0 Å². The summed E-state index contributed by atoms with van der Waals surface area (Å²) in [6, 6.07) is 12.3. The number of carbonyl (C=O) groups is 1. The molecule has 22 heavy (non-hydrogen) atoms. The Balaban J connectivity index is 2.14. The molecule has 1 heterocycles. The van der Waals surface area contributed by atoms with E-state index in [1.165, 1.54) is 48.5 Å². The van der Waals surface area contributed by atoms with Gasteiger partial charge in [-0.15, -0.1) is 0 Å². The van der Waals surface area contributed by atoms with Crippen LogP contribution in [0.1, 0.15) is 10.5 Å². The molecule has 0 unspecified atom stereocenters. The second kappa shape index (κ2) is 5.40. The summed E-state index contributed by atoms with van der Waals surface area (Å²) in [7, 11) is 0. The number of aromatic nitrogens is 2. The number of carboxylic acid groups (broad SMARTS) is 1. The van der Waals surface area contributed by atoms with E-state index in [9.17, 15) is 18.7 Å². The Morgan fingerprint density at radius 2 is 1.73 bits per heavy atom. The van der Waals surface area contributed by atoms with E-state index in [0.29, 0.717) is 16.9 Å². The lowest BCUT2D eigenvalue weighted by Crippen LogP contribution is -2.07. The van der Waals surface area contributed by atoms with E-state index in [1.807, 2.05) is 0 Å². The third-order valence-electron chi connectivity index (χ3n) is 3.12. The highest BCUT2D eigenvalue weighted by Crippen LogP contribution is 2.22. The van der Waals surface area contributed by atoms with Crippen molar-refractivity contribution in [3.05, 3.63) is 71.9 Å². The van der Waals surface area contributed by atoms with Gasteiger partial charge in [0.05, 0.1) is 11.4 Å². The van der Waals surface area contributed by atoms with Gasteiger partial charge in [0, 0.05) is 5.56 Å². The molecule has 0 aliphatic carbocycles. The van der Waals surface area contributed by atoms with Gasteiger partial charge in [-0.2, -0.15) is 5.10 Å². The van der Waals surface area contributed by atoms with Gasteiger partial charge >= 0.3 is 5.97 Å². The molecular formula is C16H10F2N2O2. The van der Waals surface area contributed by atoms with Crippen molar-refractivity contribution in [3.63, 3.8) is 0 Å². The van der Waals surface area contributed by atoms with Crippen LogP contribution in [0.4, 0.5) is 8.78 Å². The minimum atomic E-state index is -1.19. The van der Waals surface area contributed by atoms with E-state index >= 15 is 0 Å². The SMILES string of the molecule is O=C(O)c1cc(-c2ccc(F)cc2)nn1-c1cccc(F)c1. The molecule has 3 aromatic rings. The van der Waals surface area contributed by atoms with Crippen LogP contribution in [0.2, 0.25) is 0 Å². The number of hydrogen-bond acceptors (Lipinski definition) is 2. The fraction of sp³-hybridized carbons (Fsp3) is 0. The highest BCUT2D eigenvalue weighted by molar-refractivity contribution is 5.88. The van der Waals surface area contributed by atoms with E-state index in [0.717, 1.165) is 4.68 Å². The number of rotatable bonds is 3. The third-order valence-corrected chi connectivity index (χ3v) is 3.12. The maximum absolute atomic E-state index is 13.3. The molecule has 4 nitrogen and oxygen atoms in total. The van der Waals surface area contributed by atoms with Gasteiger partial charge in [0.1, 0.15) is 11.6 Å². The largest absolute Gasteiger partial charge is 0.477 e. The van der Waals surface area contributed by atoms with Gasteiger partial charge in [-0.3, -0.25) is 0 Å². The summed E-state index contributed by atoms with van der Waals surface area (Å²) in [5, 5.41) is 13.5. The average Bonchev–Trinajstić information content (AvgIpc) is 2.93. The summed E-state index contributed by atoms with van der Waals surface area (Å²) in [6.45, 7) is 0. The summed E-state index contributed by atoms with van der Waals surface area (Å²) in [6.07, 6.45) is 0. The molecule has 0 spiro atoms. The molecule has 0 atom stereocenters. The lowest BCUT2D eigenvalue weighted by Gasteiger charge is -2.04. The fourth-order valence-electron chi connectivity index (χ4n) is 2.10. The number of aromatic carboxylic acids is 1. The van der Waals surface area contributed by atoms with Gasteiger partial charge in [-0.05, 0) is 48.5 Å². The summed E-state index contributed by atoms with van der Waals surface area (Å²) in [5.74, 6) is -2.08. The highest BCUT2D eigenvalue weighted by atomic mass is 19.1. The lowest BCUT2D eigenvalue weighted by molar-refractivity contribution is 0.0687. The van der Waals surface area contributed by atoms with Gasteiger partial charge in [0.2, 0.25) is 0 Å². The van der Waals surface area contributed by atoms with Crippen molar-refractivity contribution in [3.8, 4) is 16.9 Å². The minimum Gasteiger partial charge on any atom is -0.477 e. The van der Waals surface area contributed by atoms with Gasteiger partial charge in [-0.1, -0.05) is 6.07 Å². The van der Waals surface area contributed by atoms with Crippen LogP contribution in [0.15, 0.2) is 54.6 Å². The number of halogens is 2. The van der Waals surface area contributed by atoms with E-state index in [-0.39, 0.29) is 5.69 Å². The topological polar surface area (TPSA) is 55.1 Å². The standard InChI is InChI=1S/C16H10F2N2O2/c17-11-6-4-10(5-7-11)14-9-15(16(21)22)20(19-14)13-3-1-2-12(18)8-13/h1-9H,(H,21,22). The maximum Gasteiger partial charge on any atom is 0.354 e. The molecule has 0 aliphatic heterocycles. The first-order valence-electron chi connectivity index (χ1n) is 6.40. The minimum absolute atomic E-state index is 0.107. The Morgan fingerprint density at radius 1 is 1.00 bits per heavy atom. The second-order valence-corrected chi connectivity index (χ2v) is 4.62. The third kappa shape index (κ3) is 2.58. The van der Waals surface area contributed by atoms with Crippen molar-refractivity contribution in [2.45, 2.75) is 0 Å². The smallest absolute Gasteiger partial charge is 0.354 e. The molecule has 0 saturated carbocycles. The molecule has 1 N–H and O–H groups in total. The van der Waals surface area contributed by atoms with E-state index in [1.54, 1.807) is 6.07 Å². The zero-order chi connectivity index (χ0) is 15.7. The number of benzene rings is 2. The van der Waals surface area contributed by atoms with E-state index < -0.39 is 17.6 Å². The quantitative estimate of drug-likeness (QED) is 0.805. The molecule has 1 aromatic heterocycles. The Labute approximate surface area is 124 Å². The van der Waals surface area contributed by atoms with Crippen LogP contribution in [0.5, 0.6) is 0 Å². The normalized spacial score (nSPS) is 10.6. The zero-order valence-corrected chi connectivity index (χ0v) is 11.2. The monoisotopic (exact) mass is 300 g/mol. The summed E-state index contributed by atoms with van der Waals surface area (Å²) >= 11 is 0.